The van der Waals surface area contributed by atoms with E-state index in [0.29, 0.717) is 18.5 Å². The smallest absolute Gasteiger partial charge is 0.396 e. The number of nitrogens with zero attached hydrogens (tertiary/aromatic N) is 1. The number of carbonyl (C=O) groups is 2. The maximum atomic E-state index is 13.1. The lowest BCUT2D eigenvalue weighted by atomic mass is 10.1. The first-order chi connectivity index (χ1) is 8.45. The lowest BCUT2D eigenvalue weighted by Crippen LogP contribution is -2.35. The summed E-state index contributed by atoms with van der Waals surface area (Å²) in [6.45, 7) is 2.06. The topological polar surface area (TPSA) is 46.6 Å². The van der Waals surface area contributed by atoms with E-state index in [-0.39, 0.29) is 5.82 Å². The molecule has 1 amide bonds. The van der Waals surface area contributed by atoms with Gasteiger partial charge in [0.1, 0.15) is 5.82 Å². The number of rotatable bonds is 3. The van der Waals surface area contributed by atoms with Crippen molar-refractivity contribution in [1.82, 2.24) is 4.90 Å². The summed E-state index contributed by atoms with van der Waals surface area (Å²) < 4.78 is 17.4. The molecule has 0 aliphatic heterocycles. The number of aryl methyl sites for hydroxylation is 1. The summed E-state index contributed by atoms with van der Waals surface area (Å²) in [5.74, 6) is -1.82. The van der Waals surface area contributed by atoms with Crippen LogP contribution >= 0.6 is 0 Å². The van der Waals surface area contributed by atoms with E-state index in [1.54, 1.807) is 19.1 Å². The highest BCUT2D eigenvalue weighted by atomic mass is 19.1. The molecule has 0 aromatic heterocycles. The number of methoxy groups -OCH3 is 1. The van der Waals surface area contributed by atoms with Crippen molar-refractivity contribution in [3.05, 3.63) is 35.1 Å². The molecular formula is C13H16FNO3. The minimum atomic E-state index is -0.882. The van der Waals surface area contributed by atoms with Gasteiger partial charge >= 0.3 is 11.9 Å². The van der Waals surface area contributed by atoms with Crippen molar-refractivity contribution in [3.63, 3.8) is 0 Å². The summed E-state index contributed by atoms with van der Waals surface area (Å²) in [5.41, 5.74) is 1.48. The van der Waals surface area contributed by atoms with Gasteiger partial charge in [-0.05, 0) is 30.5 Å². The Bertz CT molecular complexity index is 460. The zero-order valence-electron chi connectivity index (χ0n) is 10.7. The predicted molar refractivity (Wildman–Crippen MR) is 64.5 cm³/mol. The molecule has 0 unspecified atom stereocenters. The molecule has 0 bridgehead atoms. The fourth-order valence-electron chi connectivity index (χ4n) is 1.50. The molecule has 0 spiro atoms. The minimum Gasteiger partial charge on any atom is -0.462 e. The molecule has 0 saturated heterocycles. The van der Waals surface area contributed by atoms with Crippen molar-refractivity contribution in [2.75, 3.05) is 20.7 Å². The van der Waals surface area contributed by atoms with Crippen molar-refractivity contribution in [2.24, 2.45) is 0 Å². The van der Waals surface area contributed by atoms with E-state index in [2.05, 4.69) is 4.74 Å². The summed E-state index contributed by atoms with van der Waals surface area (Å²) in [6.07, 6.45) is 0.556. The van der Waals surface area contributed by atoms with Gasteiger partial charge in [-0.2, -0.15) is 0 Å². The normalized spacial score (nSPS) is 10.0. The maximum absolute atomic E-state index is 13.1. The molecule has 0 heterocycles. The molecule has 0 radical (unpaired) electrons. The molecular weight excluding hydrogens is 237 g/mol. The Morgan fingerprint density at radius 3 is 2.61 bits per heavy atom. The predicted octanol–water partition coefficient (Wildman–Crippen LogP) is 1.31. The second-order valence-corrected chi connectivity index (χ2v) is 4.05. The number of likely N-dealkylation sites (N-methyl/N-ethyl adjacent to an activating group) is 1. The second kappa shape index (κ2) is 6.14. The number of amides is 1. The highest BCUT2D eigenvalue weighted by molar-refractivity contribution is 6.32. The molecule has 98 valence electrons. The number of benzene rings is 1. The van der Waals surface area contributed by atoms with Gasteiger partial charge in [-0.15, -0.1) is 0 Å². The number of esters is 1. The van der Waals surface area contributed by atoms with Gasteiger partial charge in [0, 0.05) is 13.6 Å². The van der Waals surface area contributed by atoms with Crippen LogP contribution in [0, 0.1) is 12.7 Å². The van der Waals surface area contributed by atoms with Crippen molar-refractivity contribution in [1.29, 1.82) is 0 Å². The first kappa shape index (κ1) is 14.2. The highest BCUT2D eigenvalue weighted by Crippen LogP contribution is 2.10. The van der Waals surface area contributed by atoms with E-state index in [0.717, 1.165) is 12.7 Å². The summed E-state index contributed by atoms with van der Waals surface area (Å²) in [7, 11) is 2.69. The van der Waals surface area contributed by atoms with E-state index in [4.69, 9.17) is 0 Å². The number of halogens is 1. The van der Waals surface area contributed by atoms with Crippen molar-refractivity contribution in [3.8, 4) is 0 Å². The molecule has 5 heteroatoms. The monoisotopic (exact) mass is 253 g/mol. The van der Waals surface area contributed by atoms with E-state index in [9.17, 15) is 14.0 Å². The molecule has 4 nitrogen and oxygen atoms in total. The number of ether oxygens (including phenoxy) is 1. The van der Waals surface area contributed by atoms with Crippen LogP contribution in [0.2, 0.25) is 0 Å². The van der Waals surface area contributed by atoms with Crippen LogP contribution in [0.25, 0.3) is 0 Å². The van der Waals surface area contributed by atoms with Gasteiger partial charge in [0.2, 0.25) is 0 Å². The van der Waals surface area contributed by atoms with Crippen LogP contribution in [0.4, 0.5) is 4.39 Å². The molecule has 0 aliphatic rings. The Labute approximate surface area is 105 Å². The van der Waals surface area contributed by atoms with Crippen LogP contribution in [0.1, 0.15) is 11.1 Å². The minimum absolute atomic E-state index is 0.252. The Balaban J connectivity index is 2.57. The first-order valence-electron chi connectivity index (χ1n) is 5.54. The summed E-state index contributed by atoms with van der Waals surface area (Å²) in [5, 5.41) is 0. The Morgan fingerprint density at radius 1 is 1.39 bits per heavy atom. The maximum Gasteiger partial charge on any atom is 0.396 e. The van der Waals surface area contributed by atoms with Crippen molar-refractivity contribution >= 4 is 11.9 Å². The van der Waals surface area contributed by atoms with Gasteiger partial charge in [-0.3, -0.25) is 4.79 Å². The van der Waals surface area contributed by atoms with Crippen LogP contribution in [-0.4, -0.2) is 37.5 Å². The van der Waals surface area contributed by atoms with Gasteiger partial charge in [0.05, 0.1) is 7.11 Å². The summed E-state index contributed by atoms with van der Waals surface area (Å²) >= 11 is 0. The fourth-order valence-corrected chi connectivity index (χ4v) is 1.50. The average Bonchev–Trinajstić information content (AvgIpc) is 2.37. The third kappa shape index (κ3) is 3.55. The van der Waals surface area contributed by atoms with Crippen LogP contribution in [0.5, 0.6) is 0 Å². The molecule has 0 atom stereocenters. The third-order valence-electron chi connectivity index (χ3n) is 2.66. The molecule has 1 aromatic rings. The van der Waals surface area contributed by atoms with Gasteiger partial charge in [-0.1, -0.05) is 12.1 Å². The number of hydrogen-bond acceptors (Lipinski definition) is 3. The van der Waals surface area contributed by atoms with Crippen LogP contribution < -0.4 is 0 Å². The summed E-state index contributed by atoms with van der Waals surface area (Å²) in [6, 6.07) is 4.79. The van der Waals surface area contributed by atoms with Gasteiger partial charge < -0.3 is 9.64 Å². The van der Waals surface area contributed by atoms with Crippen LogP contribution in [-0.2, 0) is 20.7 Å². The van der Waals surface area contributed by atoms with E-state index >= 15 is 0 Å². The summed E-state index contributed by atoms with van der Waals surface area (Å²) in [4.78, 5) is 23.7. The van der Waals surface area contributed by atoms with E-state index in [1.165, 1.54) is 18.0 Å². The Hall–Kier alpha value is -1.91. The molecule has 1 aromatic carbocycles. The van der Waals surface area contributed by atoms with Crippen LogP contribution in [0.15, 0.2) is 18.2 Å². The van der Waals surface area contributed by atoms with Crippen molar-refractivity contribution in [2.45, 2.75) is 13.3 Å². The van der Waals surface area contributed by atoms with Crippen molar-refractivity contribution < 1.29 is 18.7 Å². The lowest BCUT2D eigenvalue weighted by Gasteiger charge is -2.15. The number of carbonyl (C=O) groups excluding carboxylic acids is 2. The van der Waals surface area contributed by atoms with E-state index in [1.807, 2.05) is 0 Å². The molecule has 1 rings (SSSR count). The number of hydrogen-bond donors (Lipinski definition) is 0. The quantitative estimate of drug-likeness (QED) is 0.602. The lowest BCUT2D eigenvalue weighted by molar-refractivity contribution is -0.157. The molecule has 0 aliphatic carbocycles. The van der Waals surface area contributed by atoms with Gasteiger partial charge in [-0.25, -0.2) is 9.18 Å². The average molecular weight is 253 g/mol. The first-order valence-corrected chi connectivity index (χ1v) is 5.54. The van der Waals surface area contributed by atoms with Crippen LogP contribution in [0.3, 0.4) is 0 Å². The van der Waals surface area contributed by atoms with Gasteiger partial charge in [0.25, 0.3) is 0 Å². The second-order valence-electron chi connectivity index (χ2n) is 4.05. The highest BCUT2D eigenvalue weighted by Gasteiger charge is 2.18. The third-order valence-corrected chi connectivity index (χ3v) is 2.66. The largest absolute Gasteiger partial charge is 0.462 e. The Kier molecular flexibility index (Phi) is 4.83. The molecule has 0 fully saturated rings. The Morgan fingerprint density at radius 2 is 2.06 bits per heavy atom. The van der Waals surface area contributed by atoms with Gasteiger partial charge in [0.15, 0.2) is 0 Å². The molecule has 18 heavy (non-hydrogen) atoms. The standard InChI is InChI=1S/C13H16FNO3/c1-9-8-10(4-5-11(9)14)6-7-15(2)12(16)13(17)18-3/h4-5,8H,6-7H2,1-3H3. The fraction of sp³-hybridized carbons (Fsp3) is 0.385. The zero-order valence-corrected chi connectivity index (χ0v) is 10.7. The SMILES string of the molecule is COC(=O)C(=O)N(C)CCc1ccc(F)c(C)c1. The van der Waals surface area contributed by atoms with E-state index < -0.39 is 11.9 Å². The molecule has 0 N–H and O–H groups in total. The molecule has 0 saturated carbocycles. The zero-order chi connectivity index (χ0) is 13.7.